The van der Waals surface area contributed by atoms with Crippen LogP contribution in [0.2, 0.25) is 0 Å². The van der Waals surface area contributed by atoms with E-state index in [4.69, 9.17) is 10.7 Å². The Morgan fingerprint density at radius 1 is 1.14 bits per heavy atom. The Morgan fingerprint density at radius 3 is 2.57 bits per heavy atom. The Hall–Kier alpha value is -2.97. The Balaban J connectivity index is 1.44. The van der Waals surface area contributed by atoms with Gasteiger partial charge in [0.05, 0.1) is 10.2 Å². The number of para-hydroxylation sites is 1. The number of primary amides is 1. The second-order valence-corrected chi connectivity index (χ2v) is 11.1. The number of anilines is 2. The van der Waals surface area contributed by atoms with Gasteiger partial charge in [-0.05, 0) is 82.1 Å². The molecule has 8 heteroatoms. The number of likely N-dealkylation sites (N-methyl/N-ethyl adjacent to an activating group) is 1. The van der Waals surface area contributed by atoms with Crippen molar-refractivity contribution in [1.29, 1.82) is 0 Å². The van der Waals surface area contributed by atoms with E-state index in [1.165, 1.54) is 0 Å². The zero-order valence-electron chi connectivity index (χ0n) is 20.7. The highest BCUT2D eigenvalue weighted by Crippen LogP contribution is 2.39. The van der Waals surface area contributed by atoms with E-state index in [-0.39, 0.29) is 23.8 Å². The third-order valence-electron chi connectivity index (χ3n) is 7.41. The number of fused-ring (bicyclic) bond motifs is 2. The van der Waals surface area contributed by atoms with Crippen molar-refractivity contribution in [3.63, 3.8) is 0 Å². The molecule has 1 aliphatic carbocycles. The second-order valence-electron chi connectivity index (χ2n) is 10.0. The lowest BCUT2D eigenvalue weighted by Crippen LogP contribution is -2.40. The van der Waals surface area contributed by atoms with Gasteiger partial charge in [-0.2, -0.15) is 0 Å². The number of aromatic nitrogens is 1. The number of carbonyl (C=O) groups is 2. The zero-order chi connectivity index (χ0) is 24.7. The number of hydrogen-bond acceptors (Lipinski definition) is 6. The summed E-state index contributed by atoms with van der Waals surface area (Å²) >= 11 is 1.68. The summed E-state index contributed by atoms with van der Waals surface area (Å²) in [6, 6.07) is 12.6. The molecule has 1 aromatic heterocycles. The van der Waals surface area contributed by atoms with Crippen LogP contribution in [0.15, 0.2) is 36.4 Å². The topological polar surface area (TPSA) is 82.8 Å². The average Bonchev–Trinajstić information content (AvgIpc) is 3.41. The molecule has 2 amide bonds. The lowest BCUT2D eigenvalue weighted by Gasteiger charge is -2.33. The van der Waals surface area contributed by atoms with Gasteiger partial charge in [-0.3, -0.25) is 9.59 Å². The van der Waals surface area contributed by atoms with Crippen molar-refractivity contribution < 1.29 is 9.59 Å². The summed E-state index contributed by atoms with van der Waals surface area (Å²) in [5.41, 5.74) is 10.6. The van der Waals surface area contributed by atoms with Gasteiger partial charge in [-0.25, -0.2) is 4.98 Å². The van der Waals surface area contributed by atoms with E-state index in [9.17, 15) is 9.59 Å². The smallest absolute Gasteiger partial charge is 0.254 e. The van der Waals surface area contributed by atoms with E-state index >= 15 is 0 Å². The van der Waals surface area contributed by atoms with Crippen molar-refractivity contribution in [1.82, 2.24) is 14.8 Å². The van der Waals surface area contributed by atoms with Crippen molar-refractivity contribution in [3.05, 3.63) is 53.1 Å². The molecule has 1 saturated carbocycles. The zero-order valence-corrected chi connectivity index (χ0v) is 21.5. The maximum Gasteiger partial charge on any atom is 0.254 e. The summed E-state index contributed by atoms with van der Waals surface area (Å²) in [6.45, 7) is 4.39. The SMILES string of the molecule is Cc1cc(N(CCN(C)C)c2nc3ccccc3s2)cc2c1CN(C1CCC(C(N)=O)CC1)C2=O. The number of hydrogen-bond donors (Lipinski definition) is 1. The van der Waals surface area contributed by atoms with E-state index < -0.39 is 0 Å². The first-order valence-corrected chi connectivity index (χ1v) is 13.1. The summed E-state index contributed by atoms with van der Waals surface area (Å²) < 4.78 is 1.16. The van der Waals surface area contributed by atoms with Crippen molar-refractivity contribution >= 4 is 44.2 Å². The number of thiazole rings is 1. The number of amides is 2. The molecule has 1 aliphatic heterocycles. The van der Waals surface area contributed by atoms with Gasteiger partial charge in [0, 0.05) is 42.8 Å². The molecule has 3 aromatic rings. The standard InChI is InChI=1S/C27H33N5O2S/c1-17-14-20(31(13-12-30(2)3)27-29-23-6-4-5-7-24(23)35-27)15-21-22(17)16-32(26(21)34)19-10-8-18(9-11-19)25(28)33/h4-7,14-15,18-19H,8-13,16H2,1-3H3,(H2,28,33). The van der Waals surface area contributed by atoms with Gasteiger partial charge in [0.15, 0.2) is 5.13 Å². The van der Waals surface area contributed by atoms with Crippen LogP contribution in [-0.4, -0.2) is 59.8 Å². The summed E-state index contributed by atoms with van der Waals surface area (Å²) in [5, 5.41) is 0.944. The van der Waals surface area contributed by atoms with Gasteiger partial charge < -0.3 is 20.4 Å². The Morgan fingerprint density at radius 2 is 1.89 bits per heavy atom. The van der Waals surface area contributed by atoms with Crippen LogP contribution >= 0.6 is 11.3 Å². The van der Waals surface area contributed by atoms with Gasteiger partial charge in [0.25, 0.3) is 5.91 Å². The number of benzene rings is 2. The first-order valence-electron chi connectivity index (χ1n) is 12.3. The van der Waals surface area contributed by atoms with Gasteiger partial charge in [-0.15, -0.1) is 0 Å². The largest absolute Gasteiger partial charge is 0.369 e. The van der Waals surface area contributed by atoms with E-state index in [0.717, 1.165) is 76.5 Å². The molecule has 0 spiro atoms. The predicted molar refractivity (Wildman–Crippen MR) is 141 cm³/mol. The van der Waals surface area contributed by atoms with Crippen molar-refractivity contribution in [3.8, 4) is 0 Å². The summed E-state index contributed by atoms with van der Waals surface area (Å²) in [7, 11) is 4.14. The van der Waals surface area contributed by atoms with Crippen LogP contribution < -0.4 is 10.6 Å². The molecule has 0 saturated heterocycles. The van der Waals surface area contributed by atoms with Crippen LogP contribution in [0.1, 0.15) is 47.2 Å². The van der Waals surface area contributed by atoms with E-state index in [1.807, 2.05) is 23.1 Å². The molecular weight excluding hydrogens is 458 g/mol. The maximum atomic E-state index is 13.6. The minimum absolute atomic E-state index is 0.0567. The van der Waals surface area contributed by atoms with Crippen LogP contribution in [-0.2, 0) is 11.3 Å². The Labute approximate surface area is 210 Å². The molecule has 0 atom stereocenters. The number of nitrogens with zero attached hydrogens (tertiary/aromatic N) is 4. The van der Waals surface area contributed by atoms with Gasteiger partial charge >= 0.3 is 0 Å². The fourth-order valence-corrected chi connectivity index (χ4v) is 6.34. The molecule has 0 radical (unpaired) electrons. The Kier molecular flexibility index (Phi) is 6.51. The van der Waals surface area contributed by atoms with Gasteiger partial charge in [0.2, 0.25) is 5.91 Å². The maximum absolute atomic E-state index is 13.6. The van der Waals surface area contributed by atoms with Crippen LogP contribution in [0.3, 0.4) is 0 Å². The number of rotatable bonds is 7. The number of nitrogens with two attached hydrogens (primary N) is 1. The lowest BCUT2D eigenvalue weighted by atomic mass is 9.85. The summed E-state index contributed by atoms with van der Waals surface area (Å²) in [5.74, 6) is -0.171. The summed E-state index contributed by atoms with van der Waals surface area (Å²) in [4.78, 5) is 36.5. The first kappa shape index (κ1) is 23.8. The number of carbonyl (C=O) groups excluding carboxylic acids is 2. The molecule has 0 bridgehead atoms. The van der Waals surface area contributed by atoms with Gasteiger partial charge in [-0.1, -0.05) is 23.5 Å². The molecule has 2 aromatic carbocycles. The Bertz CT molecular complexity index is 1230. The van der Waals surface area contributed by atoms with Gasteiger partial charge in [0.1, 0.15) is 0 Å². The quantitative estimate of drug-likeness (QED) is 0.533. The molecule has 5 rings (SSSR count). The first-order chi connectivity index (χ1) is 16.8. The predicted octanol–water partition coefficient (Wildman–Crippen LogP) is 4.30. The van der Waals surface area contributed by atoms with E-state index in [1.54, 1.807) is 11.3 Å². The molecule has 184 valence electrons. The normalized spacial score (nSPS) is 20.0. The van der Waals surface area contributed by atoms with Crippen LogP contribution in [0.25, 0.3) is 10.2 Å². The third-order valence-corrected chi connectivity index (χ3v) is 8.47. The monoisotopic (exact) mass is 491 g/mol. The van der Waals surface area contributed by atoms with Crippen LogP contribution in [0.4, 0.5) is 10.8 Å². The molecule has 2 aliphatic rings. The van der Waals surface area contributed by atoms with E-state index in [2.05, 4.69) is 49.0 Å². The van der Waals surface area contributed by atoms with Crippen LogP contribution in [0.5, 0.6) is 0 Å². The van der Waals surface area contributed by atoms with Crippen molar-refractivity contribution in [2.75, 3.05) is 32.1 Å². The molecule has 1 fully saturated rings. The molecular formula is C27H33N5O2S. The van der Waals surface area contributed by atoms with Crippen LogP contribution in [0, 0.1) is 12.8 Å². The molecule has 2 heterocycles. The minimum atomic E-state index is -0.215. The van der Waals surface area contributed by atoms with Crippen molar-refractivity contribution in [2.24, 2.45) is 11.7 Å². The third kappa shape index (κ3) is 4.65. The summed E-state index contributed by atoms with van der Waals surface area (Å²) in [6.07, 6.45) is 3.19. The average molecular weight is 492 g/mol. The number of aryl methyl sites for hydroxylation is 1. The highest BCUT2D eigenvalue weighted by molar-refractivity contribution is 7.22. The van der Waals surface area contributed by atoms with Crippen molar-refractivity contribution in [2.45, 2.75) is 45.2 Å². The minimum Gasteiger partial charge on any atom is -0.369 e. The highest BCUT2D eigenvalue weighted by Gasteiger charge is 2.37. The molecule has 0 unspecified atom stereocenters. The van der Waals surface area contributed by atoms with E-state index in [0.29, 0.717) is 6.54 Å². The highest BCUT2D eigenvalue weighted by atomic mass is 32.1. The molecule has 35 heavy (non-hydrogen) atoms. The second kappa shape index (κ2) is 9.59. The fourth-order valence-electron chi connectivity index (χ4n) is 5.33. The molecule has 2 N–H and O–H groups in total. The molecule has 7 nitrogen and oxygen atoms in total. The fraction of sp³-hybridized carbons (Fsp3) is 0.444. The lowest BCUT2D eigenvalue weighted by molar-refractivity contribution is -0.123.